The monoisotopic (exact) mass is 412 g/mol. The molecule has 2 N–H and O–H groups in total. The second-order valence-corrected chi connectivity index (χ2v) is 9.77. The summed E-state index contributed by atoms with van der Waals surface area (Å²) in [5.41, 5.74) is 2.41. The Hall–Kier alpha value is -2.21. The molecule has 0 aliphatic carbocycles. The lowest BCUT2D eigenvalue weighted by Gasteiger charge is -2.15. The molecule has 2 aromatic rings. The lowest BCUT2D eigenvalue weighted by atomic mass is 10.4. The van der Waals surface area contributed by atoms with Crippen molar-refractivity contribution < 1.29 is 21.6 Å². The largest absolute Gasteiger partial charge is 0.347 e. The number of nitrogens with one attached hydrogen (secondary N) is 2. The van der Waals surface area contributed by atoms with Crippen molar-refractivity contribution in [3.63, 3.8) is 0 Å². The van der Waals surface area contributed by atoms with Crippen molar-refractivity contribution >= 4 is 26.0 Å². The zero-order valence-corrected chi connectivity index (χ0v) is 16.3. The van der Waals surface area contributed by atoms with Crippen LogP contribution in [0.15, 0.2) is 52.4 Å². The SMILES string of the molecule is Cn1cccc1C(=O)NNS(=O)(=O)c1ccc(S(=O)(=O)N2CCCC2)cc1. The van der Waals surface area contributed by atoms with E-state index in [4.69, 9.17) is 0 Å². The van der Waals surface area contributed by atoms with Crippen LogP contribution in [0.1, 0.15) is 23.3 Å². The summed E-state index contributed by atoms with van der Waals surface area (Å²) in [6.45, 7) is 0.935. The molecular weight excluding hydrogens is 392 g/mol. The Morgan fingerprint density at radius 2 is 1.56 bits per heavy atom. The minimum atomic E-state index is -4.04. The summed E-state index contributed by atoms with van der Waals surface area (Å²) in [4.78, 5) is 13.9. The molecule has 2 heterocycles. The maximum absolute atomic E-state index is 12.5. The van der Waals surface area contributed by atoms with Crippen LogP contribution in [0.3, 0.4) is 0 Å². The number of rotatable bonds is 6. The van der Waals surface area contributed by atoms with Crippen LogP contribution in [0.5, 0.6) is 0 Å². The Morgan fingerprint density at radius 3 is 2.11 bits per heavy atom. The number of benzene rings is 1. The molecular formula is C16H20N4O5S2. The van der Waals surface area contributed by atoms with Gasteiger partial charge in [0.05, 0.1) is 9.79 Å². The van der Waals surface area contributed by atoms with E-state index in [1.165, 1.54) is 28.6 Å². The molecule has 146 valence electrons. The Bertz CT molecular complexity index is 1040. The minimum Gasteiger partial charge on any atom is -0.347 e. The molecule has 0 atom stereocenters. The number of aryl methyl sites for hydroxylation is 1. The Labute approximate surface area is 158 Å². The number of hydrogen-bond acceptors (Lipinski definition) is 5. The number of carbonyl (C=O) groups is 1. The second kappa shape index (κ2) is 7.43. The smallest absolute Gasteiger partial charge is 0.282 e. The van der Waals surface area contributed by atoms with Gasteiger partial charge in [-0.3, -0.25) is 10.2 Å². The summed E-state index contributed by atoms with van der Waals surface area (Å²) in [5.74, 6) is -0.612. The van der Waals surface area contributed by atoms with E-state index in [-0.39, 0.29) is 15.5 Å². The number of carbonyl (C=O) groups excluding carboxylic acids is 1. The predicted octanol–water partition coefficient (Wildman–Crippen LogP) is 0.433. The first-order valence-electron chi connectivity index (χ1n) is 8.25. The van der Waals surface area contributed by atoms with Crippen LogP contribution in [-0.2, 0) is 27.1 Å². The van der Waals surface area contributed by atoms with Gasteiger partial charge >= 0.3 is 0 Å². The second-order valence-electron chi connectivity index (χ2n) is 6.15. The topological polar surface area (TPSA) is 118 Å². The molecule has 1 amide bonds. The highest BCUT2D eigenvalue weighted by Crippen LogP contribution is 2.22. The molecule has 3 rings (SSSR count). The highest BCUT2D eigenvalue weighted by Gasteiger charge is 2.27. The van der Waals surface area contributed by atoms with Crippen LogP contribution < -0.4 is 10.3 Å². The van der Waals surface area contributed by atoms with Gasteiger partial charge in [0.15, 0.2) is 0 Å². The molecule has 1 aliphatic heterocycles. The maximum Gasteiger partial charge on any atom is 0.282 e. The number of nitrogens with zero attached hydrogens (tertiary/aromatic N) is 2. The average molecular weight is 412 g/mol. The van der Waals surface area contributed by atoms with Gasteiger partial charge in [-0.2, -0.15) is 4.31 Å². The van der Waals surface area contributed by atoms with Gasteiger partial charge in [0, 0.05) is 26.3 Å². The van der Waals surface area contributed by atoms with Gasteiger partial charge in [-0.25, -0.2) is 16.8 Å². The highest BCUT2D eigenvalue weighted by atomic mass is 32.2. The van der Waals surface area contributed by atoms with Crippen molar-refractivity contribution in [3.8, 4) is 0 Å². The van der Waals surface area contributed by atoms with Crippen LogP contribution in [0.4, 0.5) is 0 Å². The fraction of sp³-hybridized carbons (Fsp3) is 0.312. The van der Waals surface area contributed by atoms with Crippen LogP contribution in [0.2, 0.25) is 0 Å². The number of amides is 1. The van der Waals surface area contributed by atoms with Gasteiger partial charge in [-0.15, -0.1) is 4.83 Å². The molecule has 0 radical (unpaired) electrons. The van der Waals surface area contributed by atoms with E-state index >= 15 is 0 Å². The molecule has 27 heavy (non-hydrogen) atoms. The van der Waals surface area contributed by atoms with Crippen LogP contribution in [-0.4, -0.2) is 44.7 Å². The minimum absolute atomic E-state index is 0.0381. The van der Waals surface area contributed by atoms with Crippen molar-refractivity contribution in [1.29, 1.82) is 0 Å². The molecule has 1 aromatic carbocycles. The molecule has 1 fully saturated rings. The fourth-order valence-corrected chi connectivity index (χ4v) is 5.16. The summed E-state index contributed by atoms with van der Waals surface area (Å²) in [5, 5.41) is 0. The molecule has 9 nitrogen and oxygen atoms in total. The number of hydrazine groups is 1. The van der Waals surface area contributed by atoms with Crippen LogP contribution in [0, 0.1) is 0 Å². The fourth-order valence-electron chi connectivity index (χ4n) is 2.80. The molecule has 0 bridgehead atoms. The van der Waals surface area contributed by atoms with Gasteiger partial charge in [0.1, 0.15) is 5.69 Å². The Kier molecular flexibility index (Phi) is 5.38. The zero-order chi connectivity index (χ0) is 19.7. The van der Waals surface area contributed by atoms with Crippen molar-refractivity contribution in [2.45, 2.75) is 22.6 Å². The third-order valence-corrected chi connectivity index (χ3v) is 7.49. The molecule has 0 saturated carbocycles. The summed E-state index contributed by atoms with van der Waals surface area (Å²) in [6, 6.07) is 8.09. The molecule has 0 unspecified atom stereocenters. The van der Waals surface area contributed by atoms with Crippen molar-refractivity contribution in [2.75, 3.05) is 13.1 Å². The van der Waals surface area contributed by atoms with Crippen molar-refractivity contribution in [3.05, 3.63) is 48.3 Å². The first kappa shape index (κ1) is 19.5. The Balaban J connectivity index is 1.72. The van der Waals surface area contributed by atoms with Gasteiger partial charge in [-0.05, 0) is 49.2 Å². The molecule has 1 aromatic heterocycles. The van der Waals surface area contributed by atoms with E-state index in [1.807, 2.05) is 4.83 Å². The molecule has 0 spiro atoms. The van der Waals surface area contributed by atoms with E-state index in [9.17, 15) is 21.6 Å². The van der Waals surface area contributed by atoms with E-state index in [0.29, 0.717) is 13.1 Å². The summed E-state index contributed by atoms with van der Waals surface area (Å²) in [7, 11) is -6.00. The van der Waals surface area contributed by atoms with E-state index in [0.717, 1.165) is 12.8 Å². The van der Waals surface area contributed by atoms with Gasteiger partial charge in [0.2, 0.25) is 10.0 Å². The number of aromatic nitrogens is 1. The number of sulfonamides is 2. The van der Waals surface area contributed by atoms with Crippen LogP contribution >= 0.6 is 0 Å². The lowest BCUT2D eigenvalue weighted by molar-refractivity contribution is 0.0937. The van der Waals surface area contributed by atoms with E-state index < -0.39 is 26.0 Å². The summed E-state index contributed by atoms with van der Waals surface area (Å²) in [6.07, 6.45) is 3.29. The lowest BCUT2D eigenvalue weighted by Crippen LogP contribution is -2.42. The molecule has 1 aliphatic rings. The van der Waals surface area contributed by atoms with Gasteiger partial charge < -0.3 is 4.57 Å². The quantitative estimate of drug-likeness (QED) is 0.668. The van der Waals surface area contributed by atoms with E-state index in [2.05, 4.69) is 5.43 Å². The maximum atomic E-state index is 12.5. The van der Waals surface area contributed by atoms with E-state index in [1.54, 1.807) is 29.9 Å². The molecule has 11 heteroatoms. The van der Waals surface area contributed by atoms with Crippen molar-refractivity contribution in [1.82, 2.24) is 19.1 Å². The number of hydrogen-bond donors (Lipinski definition) is 2. The standard InChI is InChI=1S/C16H20N4O5S2/c1-19-10-4-5-15(19)16(21)17-18-26(22,23)13-6-8-14(9-7-13)27(24,25)20-11-2-3-12-20/h4-10,18H,2-3,11-12H2,1H3,(H,17,21). The van der Waals surface area contributed by atoms with Gasteiger partial charge in [-0.1, -0.05) is 0 Å². The first-order valence-corrected chi connectivity index (χ1v) is 11.2. The highest BCUT2D eigenvalue weighted by molar-refractivity contribution is 7.89. The normalized spacial score (nSPS) is 15.7. The molecule has 1 saturated heterocycles. The predicted molar refractivity (Wildman–Crippen MR) is 97.6 cm³/mol. The first-order chi connectivity index (χ1) is 12.7. The third kappa shape index (κ3) is 4.05. The Morgan fingerprint density at radius 1 is 0.963 bits per heavy atom. The van der Waals surface area contributed by atoms with Crippen molar-refractivity contribution in [2.24, 2.45) is 7.05 Å². The van der Waals surface area contributed by atoms with Gasteiger partial charge in [0.25, 0.3) is 15.9 Å². The zero-order valence-electron chi connectivity index (χ0n) is 14.6. The van der Waals surface area contributed by atoms with Crippen LogP contribution in [0.25, 0.3) is 0 Å². The summed E-state index contributed by atoms with van der Waals surface area (Å²) < 4.78 is 52.5. The average Bonchev–Trinajstić information content (AvgIpc) is 3.32. The summed E-state index contributed by atoms with van der Waals surface area (Å²) >= 11 is 0. The third-order valence-electron chi connectivity index (χ3n) is 4.31.